The van der Waals surface area contributed by atoms with Crippen molar-refractivity contribution >= 4 is 21.0 Å². The van der Waals surface area contributed by atoms with Crippen LogP contribution in [0.15, 0.2) is 24.3 Å². The fourth-order valence-corrected chi connectivity index (χ4v) is 2.36. The summed E-state index contributed by atoms with van der Waals surface area (Å²) < 4.78 is 2.21. The molecule has 4 nitrogen and oxygen atoms in total. The highest BCUT2D eigenvalue weighted by atomic mass is 31.0. The number of anilines is 1. The van der Waals surface area contributed by atoms with Crippen molar-refractivity contribution in [3.63, 3.8) is 0 Å². The van der Waals surface area contributed by atoms with E-state index >= 15 is 0 Å². The Labute approximate surface area is 103 Å². The summed E-state index contributed by atoms with van der Waals surface area (Å²) in [5, 5.41) is 12.4. The van der Waals surface area contributed by atoms with Gasteiger partial charge in [0.2, 0.25) is 0 Å². The topological polar surface area (TPSA) is 52.6 Å². The molecule has 1 aliphatic rings. The molecule has 1 fully saturated rings. The Bertz CT molecular complexity index is 403. The summed E-state index contributed by atoms with van der Waals surface area (Å²) >= 11 is 0. The van der Waals surface area contributed by atoms with E-state index in [1.165, 1.54) is 0 Å². The van der Waals surface area contributed by atoms with Crippen LogP contribution in [-0.2, 0) is 0 Å². The van der Waals surface area contributed by atoms with E-state index in [0.29, 0.717) is 11.6 Å². The van der Waals surface area contributed by atoms with Crippen molar-refractivity contribution in [2.75, 3.05) is 18.4 Å². The smallest absolute Gasteiger partial charge is 0.337 e. The molecule has 0 radical (unpaired) electrons. The van der Waals surface area contributed by atoms with Crippen molar-refractivity contribution in [3.8, 4) is 0 Å². The second-order valence-electron chi connectivity index (χ2n) is 4.31. The number of nitrogens with zero attached hydrogens (tertiary/aromatic N) is 1. The normalized spacial score (nSPS) is 17.9. The van der Waals surface area contributed by atoms with E-state index in [2.05, 4.69) is 19.4 Å². The number of rotatable bonds is 3. The van der Waals surface area contributed by atoms with Crippen molar-refractivity contribution in [2.24, 2.45) is 0 Å². The number of hydrogen-bond acceptors (Lipinski definition) is 3. The van der Waals surface area contributed by atoms with Crippen molar-refractivity contribution in [2.45, 2.75) is 18.9 Å². The molecule has 2 N–H and O–H groups in total. The Hall–Kier alpha value is -1.12. The Balaban J connectivity index is 2.05. The van der Waals surface area contributed by atoms with Crippen molar-refractivity contribution in [1.82, 2.24) is 4.67 Å². The lowest BCUT2D eigenvalue weighted by molar-refractivity contribution is 0.0698. The molecule has 1 saturated heterocycles. The van der Waals surface area contributed by atoms with Crippen molar-refractivity contribution < 1.29 is 9.90 Å². The number of hydrogen-bond donors (Lipinski definition) is 2. The summed E-state index contributed by atoms with van der Waals surface area (Å²) in [6.07, 6.45) is 2.08. The summed E-state index contributed by atoms with van der Waals surface area (Å²) in [6.45, 7) is 2.05. The van der Waals surface area contributed by atoms with E-state index in [4.69, 9.17) is 5.11 Å². The molecule has 1 aromatic rings. The maximum Gasteiger partial charge on any atom is 0.337 e. The fourth-order valence-electron chi connectivity index (χ4n) is 2.06. The summed E-state index contributed by atoms with van der Waals surface area (Å²) in [5.41, 5.74) is 1.07. The van der Waals surface area contributed by atoms with Crippen LogP contribution >= 0.6 is 9.39 Å². The highest BCUT2D eigenvalue weighted by Gasteiger charge is 2.18. The molecule has 0 aliphatic carbocycles. The molecule has 0 bridgehead atoms. The van der Waals surface area contributed by atoms with Crippen molar-refractivity contribution in [3.05, 3.63) is 29.8 Å². The molecule has 0 spiro atoms. The van der Waals surface area contributed by atoms with Crippen LogP contribution in [0.4, 0.5) is 5.69 Å². The second kappa shape index (κ2) is 5.48. The quantitative estimate of drug-likeness (QED) is 0.808. The first-order valence-electron chi connectivity index (χ1n) is 5.75. The predicted octanol–water partition coefficient (Wildman–Crippen LogP) is 2.05. The lowest BCUT2D eigenvalue weighted by Crippen LogP contribution is -2.34. The zero-order valence-corrected chi connectivity index (χ0v) is 10.7. The highest BCUT2D eigenvalue weighted by Crippen LogP contribution is 2.21. The number of benzene rings is 1. The Morgan fingerprint density at radius 1 is 1.35 bits per heavy atom. The fraction of sp³-hybridized carbons (Fsp3) is 0.417. The van der Waals surface area contributed by atoms with Crippen LogP contribution in [0.5, 0.6) is 0 Å². The minimum Gasteiger partial charge on any atom is -0.478 e. The lowest BCUT2D eigenvalue weighted by atomic mass is 10.1. The molecule has 1 unspecified atom stereocenters. The first-order valence-corrected chi connectivity index (χ1v) is 6.27. The molecule has 0 saturated carbocycles. The number of carboxylic acids is 1. The number of aromatic carboxylic acids is 1. The van der Waals surface area contributed by atoms with E-state index in [-0.39, 0.29) is 0 Å². The Morgan fingerprint density at radius 2 is 2.00 bits per heavy atom. The SMILES string of the molecule is O=C(O)c1ccccc1NC1CCN(P)CC1. The van der Waals surface area contributed by atoms with Gasteiger partial charge in [-0.25, -0.2) is 4.79 Å². The third-order valence-corrected chi connectivity index (χ3v) is 3.56. The zero-order chi connectivity index (χ0) is 12.3. The minimum atomic E-state index is -0.878. The average molecular weight is 252 g/mol. The molecule has 1 heterocycles. The lowest BCUT2D eigenvalue weighted by Gasteiger charge is -2.30. The molecule has 92 valence electrons. The van der Waals surface area contributed by atoms with Crippen LogP contribution in [0.1, 0.15) is 23.2 Å². The summed E-state index contributed by atoms with van der Waals surface area (Å²) in [6, 6.07) is 7.44. The van der Waals surface area contributed by atoms with Gasteiger partial charge in [-0.3, -0.25) is 4.67 Å². The molecule has 0 amide bonds. The highest BCUT2D eigenvalue weighted by molar-refractivity contribution is 7.13. The standard InChI is InChI=1S/C12H17N2O2P/c15-12(16)10-3-1-2-4-11(10)13-9-5-7-14(17)8-6-9/h1-4,9,13H,5-8,17H2,(H,15,16). The van der Waals surface area contributed by atoms with E-state index in [0.717, 1.165) is 31.6 Å². The van der Waals surface area contributed by atoms with Gasteiger partial charge in [-0.05, 0) is 25.0 Å². The maximum atomic E-state index is 11.1. The third-order valence-electron chi connectivity index (χ3n) is 3.05. The van der Waals surface area contributed by atoms with E-state index < -0.39 is 5.97 Å². The molecule has 0 aromatic heterocycles. The van der Waals surface area contributed by atoms with Crippen LogP contribution in [-0.4, -0.2) is 34.9 Å². The first kappa shape index (κ1) is 12.3. The zero-order valence-electron chi connectivity index (χ0n) is 9.60. The van der Waals surface area contributed by atoms with Crippen LogP contribution in [0.3, 0.4) is 0 Å². The Morgan fingerprint density at radius 3 is 2.65 bits per heavy atom. The van der Waals surface area contributed by atoms with Gasteiger partial charge in [-0.2, -0.15) is 0 Å². The molecule has 2 rings (SSSR count). The van der Waals surface area contributed by atoms with Gasteiger partial charge >= 0.3 is 5.97 Å². The van der Waals surface area contributed by atoms with Gasteiger partial charge in [-0.1, -0.05) is 21.5 Å². The third kappa shape index (κ3) is 3.18. The molecular formula is C12H17N2O2P. The van der Waals surface area contributed by atoms with Gasteiger partial charge in [0.05, 0.1) is 5.56 Å². The summed E-state index contributed by atoms with van der Waals surface area (Å²) in [7, 11) is 2.71. The molecule has 1 aromatic carbocycles. The number of piperidine rings is 1. The minimum absolute atomic E-state index is 0.348. The van der Waals surface area contributed by atoms with Gasteiger partial charge in [0.25, 0.3) is 0 Å². The van der Waals surface area contributed by atoms with Crippen molar-refractivity contribution in [1.29, 1.82) is 0 Å². The van der Waals surface area contributed by atoms with E-state index in [1.54, 1.807) is 12.1 Å². The second-order valence-corrected chi connectivity index (χ2v) is 5.04. The van der Waals surface area contributed by atoms with Crippen LogP contribution in [0.25, 0.3) is 0 Å². The van der Waals surface area contributed by atoms with Gasteiger partial charge in [0, 0.05) is 24.8 Å². The van der Waals surface area contributed by atoms with Gasteiger partial charge in [-0.15, -0.1) is 0 Å². The molecule has 1 aliphatic heterocycles. The monoisotopic (exact) mass is 252 g/mol. The molecule has 1 atom stereocenters. The first-order chi connectivity index (χ1) is 8.16. The largest absolute Gasteiger partial charge is 0.478 e. The maximum absolute atomic E-state index is 11.1. The molecular weight excluding hydrogens is 235 g/mol. The van der Waals surface area contributed by atoms with Crippen LogP contribution in [0.2, 0.25) is 0 Å². The van der Waals surface area contributed by atoms with Crippen LogP contribution < -0.4 is 5.32 Å². The van der Waals surface area contributed by atoms with Gasteiger partial charge in [0.15, 0.2) is 0 Å². The van der Waals surface area contributed by atoms with E-state index in [9.17, 15) is 4.79 Å². The van der Waals surface area contributed by atoms with Crippen LogP contribution in [0, 0.1) is 0 Å². The number of carbonyl (C=O) groups is 1. The predicted molar refractivity (Wildman–Crippen MR) is 71.3 cm³/mol. The molecule has 17 heavy (non-hydrogen) atoms. The number of para-hydroxylation sites is 1. The van der Waals surface area contributed by atoms with Gasteiger partial charge < -0.3 is 10.4 Å². The number of carboxylic acid groups (broad SMARTS) is 1. The average Bonchev–Trinajstić information content (AvgIpc) is 2.32. The van der Waals surface area contributed by atoms with Gasteiger partial charge in [0.1, 0.15) is 0 Å². The van der Waals surface area contributed by atoms with E-state index in [1.807, 2.05) is 12.1 Å². The summed E-state index contributed by atoms with van der Waals surface area (Å²) in [5.74, 6) is -0.878. The number of nitrogens with one attached hydrogen (secondary N) is 1. The Kier molecular flexibility index (Phi) is 3.97. The summed E-state index contributed by atoms with van der Waals surface area (Å²) in [4.78, 5) is 11.1. The molecule has 5 heteroatoms.